The highest BCUT2D eigenvalue weighted by molar-refractivity contribution is 5.43. The standard InChI is InChI=1S/C11H13F3N2O4/c1-15-5-8-4-9(16(17)18)2-3-10(8)20-7-19-6-11(12,13)14/h2-4,15H,5-7H2,1H3. The van der Waals surface area contributed by atoms with Crippen LogP contribution in [-0.4, -0.2) is 31.5 Å². The third kappa shape index (κ3) is 5.41. The lowest BCUT2D eigenvalue weighted by atomic mass is 10.2. The monoisotopic (exact) mass is 294 g/mol. The van der Waals surface area contributed by atoms with E-state index in [0.29, 0.717) is 5.56 Å². The number of halogens is 3. The van der Waals surface area contributed by atoms with Crippen molar-refractivity contribution in [2.24, 2.45) is 0 Å². The molecular weight excluding hydrogens is 281 g/mol. The van der Waals surface area contributed by atoms with Crippen molar-refractivity contribution < 1.29 is 27.6 Å². The highest BCUT2D eigenvalue weighted by Gasteiger charge is 2.27. The van der Waals surface area contributed by atoms with Crippen LogP contribution < -0.4 is 10.1 Å². The molecule has 0 heterocycles. The number of hydrogen-bond donors (Lipinski definition) is 1. The average Bonchev–Trinajstić information content (AvgIpc) is 2.35. The third-order valence-electron chi connectivity index (χ3n) is 2.19. The maximum atomic E-state index is 11.9. The van der Waals surface area contributed by atoms with Crippen molar-refractivity contribution in [3.8, 4) is 5.75 Å². The van der Waals surface area contributed by atoms with Gasteiger partial charge in [0.05, 0.1) is 4.92 Å². The summed E-state index contributed by atoms with van der Waals surface area (Å²) in [5.74, 6) is 0.229. The highest BCUT2D eigenvalue weighted by Crippen LogP contribution is 2.24. The van der Waals surface area contributed by atoms with E-state index in [9.17, 15) is 23.3 Å². The lowest BCUT2D eigenvalue weighted by Gasteiger charge is -2.12. The number of nitro groups is 1. The van der Waals surface area contributed by atoms with E-state index in [1.165, 1.54) is 18.2 Å². The molecule has 0 aromatic heterocycles. The summed E-state index contributed by atoms with van der Waals surface area (Å²) in [6, 6.07) is 3.82. The van der Waals surface area contributed by atoms with Crippen LogP contribution in [0.25, 0.3) is 0 Å². The number of benzene rings is 1. The van der Waals surface area contributed by atoms with E-state index in [1.54, 1.807) is 7.05 Å². The van der Waals surface area contributed by atoms with Crippen LogP contribution >= 0.6 is 0 Å². The van der Waals surface area contributed by atoms with Crippen molar-refractivity contribution in [2.45, 2.75) is 12.7 Å². The van der Waals surface area contributed by atoms with Crippen LogP contribution in [0.3, 0.4) is 0 Å². The van der Waals surface area contributed by atoms with Gasteiger partial charge in [0.1, 0.15) is 12.4 Å². The van der Waals surface area contributed by atoms with E-state index in [2.05, 4.69) is 10.1 Å². The van der Waals surface area contributed by atoms with Gasteiger partial charge in [-0.05, 0) is 13.1 Å². The van der Waals surface area contributed by atoms with Crippen molar-refractivity contribution in [1.29, 1.82) is 0 Å². The lowest BCUT2D eigenvalue weighted by Crippen LogP contribution is -2.19. The zero-order chi connectivity index (χ0) is 15.2. The second kappa shape index (κ2) is 7.06. The highest BCUT2D eigenvalue weighted by atomic mass is 19.4. The van der Waals surface area contributed by atoms with E-state index in [4.69, 9.17) is 4.74 Å². The fourth-order valence-electron chi connectivity index (χ4n) is 1.41. The van der Waals surface area contributed by atoms with Gasteiger partial charge in [-0.1, -0.05) is 0 Å². The van der Waals surface area contributed by atoms with Crippen molar-refractivity contribution in [1.82, 2.24) is 5.32 Å². The second-order valence-corrected chi connectivity index (χ2v) is 3.81. The van der Waals surface area contributed by atoms with Crippen LogP contribution in [0.15, 0.2) is 18.2 Å². The first-order valence-corrected chi connectivity index (χ1v) is 5.52. The number of nitro benzene ring substituents is 1. The van der Waals surface area contributed by atoms with Gasteiger partial charge in [-0.15, -0.1) is 0 Å². The van der Waals surface area contributed by atoms with E-state index in [-0.39, 0.29) is 18.0 Å². The summed E-state index contributed by atoms with van der Waals surface area (Å²) >= 11 is 0. The molecule has 0 fully saturated rings. The van der Waals surface area contributed by atoms with Crippen molar-refractivity contribution in [3.05, 3.63) is 33.9 Å². The predicted octanol–water partition coefficient (Wildman–Crippen LogP) is 2.23. The Balaban J connectivity index is 2.66. The molecular formula is C11H13F3N2O4. The fourth-order valence-corrected chi connectivity index (χ4v) is 1.41. The number of alkyl halides is 3. The number of nitrogens with one attached hydrogen (secondary N) is 1. The number of ether oxygens (including phenoxy) is 2. The molecule has 0 saturated carbocycles. The molecule has 0 bridgehead atoms. The van der Waals surface area contributed by atoms with Gasteiger partial charge in [-0.3, -0.25) is 10.1 Å². The summed E-state index contributed by atoms with van der Waals surface area (Å²) in [4.78, 5) is 10.1. The third-order valence-corrected chi connectivity index (χ3v) is 2.19. The fraction of sp³-hybridized carbons (Fsp3) is 0.455. The molecule has 1 aromatic rings. The van der Waals surface area contributed by atoms with E-state index >= 15 is 0 Å². The van der Waals surface area contributed by atoms with Gasteiger partial charge in [0, 0.05) is 24.2 Å². The molecule has 0 saturated heterocycles. The first-order chi connectivity index (χ1) is 9.33. The predicted molar refractivity (Wildman–Crippen MR) is 63.4 cm³/mol. The smallest absolute Gasteiger partial charge is 0.411 e. The van der Waals surface area contributed by atoms with Crippen LogP contribution in [0.4, 0.5) is 18.9 Å². The van der Waals surface area contributed by atoms with Crippen molar-refractivity contribution in [3.63, 3.8) is 0 Å². The molecule has 0 spiro atoms. The molecule has 0 amide bonds. The van der Waals surface area contributed by atoms with Crippen molar-refractivity contribution in [2.75, 3.05) is 20.4 Å². The summed E-state index contributed by atoms with van der Waals surface area (Å²) in [6.07, 6.45) is -4.42. The van der Waals surface area contributed by atoms with E-state index in [1.807, 2.05) is 0 Å². The average molecular weight is 294 g/mol. The Kier molecular flexibility index (Phi) is 5.71. The minimum absolute atomic E-state index is 0.126. The van der Waals surface area contributed by atoms with Gasteiger partial charge in [0.2, 0.25) is 0 Å². The van der Waals surface area contributed by atoms with Gasteiger partial charge >= 0.3 is 6.18 Å². The molecule has 0 unspecified atom stereocenters. The summed E-state index contributed by atoms with van der Waals surface area (Å²) in [5.41, 5.74) is 0.330. The van der Waals surface area contributed by atoms with Crippen LogP contribution in [0.5, 0.6) is 5.75 Å². The minimum atomic E-state index is -4.42. The molecule has 0 radical (unpaired) electrons. The Bertz CT molecular complexity index is 465. The molecule has 112 valence electrons. The van der Waals surface area contributed by atoms with Gasteiger partial charge in [-0.2, -0.15) is 13.2 Å². The maximum Gasteiger partial charge on any atom is 0.411 e. The normalized spacial score (nSPS) is 11.4. The van der Waals surface area contributed by atoms with Crippen LogP contribution in [0.2, 0.25) is 0 Å². The van der Waals surface area contributed by atoms with Gasteiger partial charge < -0.3 is 14.8 Å². The van der Waals surface area contributed by atoms with Crippen LogP contribution in [0, 0.1) is 10.1 Å². The summed E-state index contributed by atoms with van der Waals surface area (Å²) in [5, 5.41) is 13.4. The summed E-state index contributed by atoms with van der Waals surface area (Å²) in [6.45, 7) is -1.73. The molecule has 9 heteroatoms. The van der Waals surface area contributed by atoms with Gasteiger partial charge in [0.25, 0.3) is 5.69 Å². The largest absolute Gasteiger partial charge is 0.467 e. The Morgan fingerprint density at radius 1 is 1.40 bits per heavy atom. The minimum Gasteiger partial charge on any atom is -0.467 e. The Morgan fingerprint density at radius 3 is 2.65 bits per heavy atom. The molecule has 1 N–H and O–H groups in total. The molecule has 20 heavy (non-hydrogen) atoms. The molecule has 6 nitrogen and oxygen atoms in total. The summed E-state index contributed by atoms with van der Waals surface area (Å²) in [7, 11) is 1.63. The second-order valence-electron chi connectivity index (χ2n) is 3.81. The number of non-ortho nitro benzene ring substituents is 1. The SMILES string of the molecule is CNCc1cc([N+](=O)[O-])ccc1OCOCC(F)(F)F. The molecule has 1 aromatic carbocycles. The number of nitrogens with zero attached hydrogens (tertiary/aromatic N) is 1. The van der Waals surface area contributed by atoms with Gasteiger partial charge in [0.15, 0.2) is 6.79 Å². The Labute approximate surface area is 112 Å². The van der Waals surface area contributed by atoms with Crippen LogP contribution in [0.1, 0.15) is 5.56 Å². The first kappa shape index (κ1) is 16.2. The number of hydrogen-bond acceptors (Lipinski definition) is 5. The Hall–Kier alpha value is -1.87. The first-order valence-electron chi connectivity index (χ1n) is 5.52. The zero-order valence-corrected chi connectivity index (χ0v) is 10.6. The summed E-state index contributed by atoms with van der Waals surface area (Å²) < 4.78 is 44.9. The van der Waals surface area contributed by atoms with Gasteiger partial charge in [-0.25, -0.2) is 0 Å². The Morgan fingerprint density at radius 2 is 2.10 bits per heavy atom. The zero-order valence-electron chi connectivity index (χ0n) is 10.6. The lowest BCUT2D eigenvalue weighted by molar-refractivity contribution is -0.384. The van der Waals surface area contributed by atoms with Crippen molar-refractivity contribution >= 4 is 5.69 Å². The molecule has 0 atom stereocenters. The quantitative estimate of drug-likeness (QED) is 0.361. The maximum absolute atomic E-state index is 11.9. The molecule has 0 aliphatic heterocycles. The van der Waals surface area contributed by atoms with Crippen LogP contribution in [-0.2, 0) is 11.3 Å². The number of rotatable bonds is 7. The molecule has 1 rings (SSSR count). The topological polar surface area (TPSA) is 73.6 Å². The van der Waals surface area contributed by atoms with E-state index < -0.39 is 24.5 Å². The van der Waals surface area contributed by atoms with E-state index in [0.717, 1.165) is 0 Å². The molecule has 0 aliphatic carbocycles. The molecule has 0 aliphatic rings.